The van der Waals surface area contributed by atoms with Crippen LogP contribution in [0.4, 0.5) is 8.78 Å². The molecular weight excluding hydrogens is 260 g/mol. The first-order chi connectivity index (χ1) is 9.70. The second-order valence-corrected chi connectivity index (χ2v) is 5.43. The molecule has 112 valence electrons. The highest BCUT2D eigenvalue weighted by Crippen LogP contribution is 2.21. The third-order valence-corrected chi connectivity index (χ3v) is 3.77. The van der Waals surface area contributed by atoms with Crippen LogP contribution in [0.15, 0.2) is 18.2 Å². The van der Waals surface area contributed by atoms with Crippen molar-refractivity contribution in [1.29, 1.82) is 0 Å². The van der Waals surface area contributed by atoms with Crippen molar-refractivity contribution in [1.82, 2.24) is 5.32 Å². The van der Waals surface area contributed by atoms with Gasteiger partial charge in [0, 0.05) is 18.2 Å². The number of rotatable bonds is 7. The van der Waals surface area contributed by atoms with Crippen LogP contribution < -0.4 is 5.32 Å². The lowest BCUT2D eigenvalue weighted by molar-refractivity contribution is 0.0944. The average molecular weight is 283 g/mol. The molecule has 0 saturated carbocycles. The van der Waals surface area contributed by atoms with E-state index in [1.165, 1.54) is 18.2 Å². The highest BCUT2D eigenvalue weighted by atomic mass is 19.1. The van der Waals surface area contributed by atoms with Gasteiger partial charge < -0.3 is 10.1 Å². The number of ether oxygens (including phenoxy) is 1. The van der Waals surface area contributed by atoms with Crippen LogP contribution in [0, 0.1) is 11.6 Å². The van der Waals surface area contributed by atoms with Crippen LogP contribution in [-0.2, 0) is 11.2 Å². The molecule has 2 nitrogen and oxygen atoms in total. The van der Waals surface area contributed by atoms with Crippen molar-refractivity contribution >= 4 is 0 Å². The minimum atomic E-state index is -0.458. The first kappa shape index (κ1) is 15.4. The Morgan fingerprint density at radius 2 is 2.10 bits per heavy atom. The maximum atomic E-state index is 13.7. The number of benzene rings is 1. The maximum absolute atomic E-state index is 13.7. The lowest BCUT2D eigenvalue weighted by Gasteiger charge is -2.22. The topological polar surface area (TPSA) is 21.3 Å². The summed E-state index contributed by atoms with van der Waals surface area (Å²) in [5.74, 6) is -0.915. The highest BCUT2D eigenvalue weighted by molar-refractivity contribution is 5.20. The lowest BCUT2D eigenvalue weighted by Crippen LogP contribution is -2.35. The molecular formula is C16H23F2NO. The molecule has 1 saturated heterocycles. The zero-order valence-corrected chi connectivity index (χ0v) is 12.0. The van der Waals surface area contributed by atoms with Crippen molar-refractivity contribution in [3.8, 4) is 0 Å². The van der Waals surface area contributed by atoms with E-state index in [0.717, 1.165) is 38.8 Å². The average Bonchev–Trinajstić information content (AvgIpc) is 2.93. The minimum Gasteiger partial charge on any atom is -0.378 e. The molecule has 0 aromatic heterocycles. The molecule has 1 aromatic carbocycles. The summed E-state index contributed by atoms with van der Waals surface area (Å²) in [4.78, 5) is 0. The molecule has 2 atom stereocenters. The normalized spacial score (nSPS) is 20.2. The van der Waals surface area contributed by atoms with Gasteiger partial charge in [0.25, 0.3) is 0 Å². The smallest absolute Gasteiger partial charge is 0.129 e. The predicted molar refractivity (Wildman–Crippen MR) is 75.7 cm³/mol. The van der Waals surface area contributed by atoms with Crippen molar-refractivity contribution in [3.05, 3.63) is 35.4 Å². The molecule has 1 heterocycles. The van der Waals surface area contributed by atoms with Crippen LogP contribution in [0.2, 0.25) is 0 Å². The highest BCUT2D eigenvalue weighted by Gasteiger charge is 2.22. The third kappa shape index (κ3) is 4.25. The fraction of sp³-hybridized carbons (Fsp3) is 0.625. The molecule has 1 aromatic rings. The summed E-state index contributed by atoms with van der Waals surface area (Å²) in [6.45, 7) is 3.74. The fourth-order valence-corrected chi connectivity index (χ4v) is 2.71. The van der Waals surface area contributed by atoms with Gasteiger partial charge in [-0.15, -0.1) is 0 Å². The fourth-order valence-electron chi connectivity index (χ4n) is 2.71. The number of halogens is 2. The van der Waals surface area contributed by atoms with E-state index >= 15 is 0 Å². The molecule has 1 aliphatic heterocycles. The van der Waals surface area contributed by atoms with Gasteiger partial charge in [-0.05, 0) is 50.8 Å². The van der Waals surface area contributed by atoms with E-state index in [4.69, 9.17) is 4.74 Å². The number of hydrogen-bond donors (Lipinski definition) is 1. The summed E-state index contributed by atoms with van der Waals surface area (Å²) in [5, 5.41) is 3.39. The Hall–Kier alpha value is -1.00. The number of hydrogen-bond acceptors (Lipinski definition) is 2. The molecule has 1 fully saturated rings. The van der Waals surface area contributed by atoms with Crippen LogP contribution in [0.25, 0.3) is 0 Å². The molecule has 1 N–H and O–H groups in total. The first-order valence-corrected chi connectivity index (χ1v) is 7.48. The summed E-state index contributed by atoms with van der Waals surface area (Å²) in [7, 11) is 0. The molecule has 20 heavy (non-hydrogen) atoms. The van der Waals surface area contributed by atoms with E-state index in [0.29, 0.717) is 6.42 Å². The largest absolute Gasteiger partial charge is 0.378 e. The van der Waals surface area contributed by atoms with Gasteiger partial charge in [-0.2, -0.15) is 0 Å². The second-order valence-electron chi connectivity index (χ2n) is 5.43. The van der Waals surface area contributed by atoms with Gasteiger partial charge >= 0.3 is 0 Å². The summed E-state index contributed by atoms with van der Waals surface area (Å²) in [6.07, 6.45) is 4.54. The van der Waals surface area contributed by atoms with E-state index in [-0.39, 0.29) is 17.7 Å². The molecule has 0 radical (unpaired) electrons. The standard InChI is InChI=1S/C16H23F2NO/c1-2-8-19-12(10-13-5-4-9-20-13)11-14-15(17)6-3-7-16(14)18/h3,6-7,12-13,19H,2,4-5,8-11H2,1H3. The Balaban J connectivity index is 2.01. The Kier molecular flexibility index (Phi) is 5.92. The lowest BCUT2D eigenvalue weighted by atomic mass is 9.98. The molecule has 2 unspecified atom stereocenters. The maximum Gasteiger partial charge on any atom is 0.129 e. The van der Waals surface area contributed by atoms with Crippen molar-refractivity contribution in [3.63, 3.8) is 0 Å². The van der Waals surface area contributed by atoms with E-state index < -0.39 is 11.6 Å². The van der Waals surface area contributed by atoms with Crippen molar-refractivity contribution < 1.29 is 13.5 Å². The molecule has 4 heteroatoms. The monoisotopic (exact) mass is 283 g/mol. The summed E-state index contributed by atoms with van der Waals surface area (Å²) in [5.41, 5.74) is 0.180. The zero-order chi connectivity index (χ0) is 14.4. The summed E-state index contributed by atoms with van der Waals surface area (Å²) >= 11 is 0. The van der Waals surface area contributed by atoms with Gasteiger partial charge in [-0.3, -0.25) is 0 Å². The molecule has 0 spiro atoms. The Morgan fingerprint density at radius 1 is 1.35 bits per heavy atom. The van der Waals surface area contributed by atoms with Gasteiger partial charge in [-0.1, -0.05) is 13.0 Å². The quantitative estimate of drug-likeness (QED) is 0.827. The van der Waals surface area contributed by atoms with Gasteiger partial charge in [0.2, 0.25) is 0 Å². The van der Waals surface area contributed by atoms with Gasteiger partial charge in [0.1, 0.15) is 11.6 Å². The molecule has 0 bridgehead atoms. The Morgan fingerprint density at radius 3 is 2.70 bits per heavy atom. The predicted octanol–water partition coefficient (Wildman–Crippen LogP) is 3.44. The molecule has 0 aliphatic carbocycles. The summed E-state index contributed by atoms with van der Waals surface area (Å²) < 4.78 is 33.1. The van der Waals surface area contributed by atoms with E-state index in [9.17, 15) is 8.78 Å². The van der Waals surface area contributed by atoms with Crippen LogP contribution >= 0.6 is 0 Å². The number of nitrogens with one attached hydrogen (secondary N) is 1. The van der Waals surface area contributed by atoms with Gasteiger partial charge in [-0.25, -0.2) is 8.78 Å². The molecule has 0 amide bonds. The zero-order valence-electron chi connectivity index (χ0n) is 12.0. The molecule has 2 rings (SSSR count). The summed E-state index contributed by atoms with van der Waals surface area (Å²) in [6, 6.07) is 4.11. The van der Waals surface area contributed by atoms with Gasteiger partial charge in [0.05, 0.1) is 6.10 Å². The van der Waals surface area contributed by atoms with E-state index in [1.54, 1.807) is 0 Å². The van der Waals surface area contributed by atoms with Crippen molar-refractivity contribution in [2.24, 2.45) is 0 Å². The van der Waals surface area contributed by atoms with Crippen LogP contribution in [0.5, 0.6) is 0 Å². The van der Waals surface area contributed by atoms with Gasteiger partial charge in [0.15, 0.2) is 0 Å². The van der Waals surface area contributed by atoms with Crippen LogP contribution in [-0.4, -0.2) is 25.3 Å². The van der Waals surface area contributed by atoms with E-state index in [1.807, 2.05) is 0 Å². The molecule has 1 aliphatic rings. The second kappa shape index (κ2) is 7.70. The Labute approximate surface area is 119 Å². The first-order valence-electron chi connectivity index (χ1n) is 7.48. The third-order valence-electron chi connectivity index (χ3n) is 3.77. The van der Waals surface area contributed by atoms with Crippen molar-refractivity contribution in [2.75, 3.05) is 13.2 Å². The van der Waals surface area contributed by atoms with Crippen molar-refractivity contribution in [2.45, 2.75) is 51.2 Å². The Bertz CT molecular complexity index is 399. The van der Waals surface area contributed by atoms with Crippen LogP contribution in [0.1, 0.15) is 38.2 Å². The SMILES string of the molecule is CCCNC(Cc1c(F)cccc1F)CC1CCCO1. The van der Waals surface area contributed by atoms with Crippen LogP contribution in [0.3, 0.4) is 0 Å². The van der Waals surface area contributed by atoms with E-state index in [2.05, 4.69) is 12.2 Å². The minimum absolute atomic E-state index is 0.0597.